The van der Waals surface area contributed by atoms with Crippen LogP contribution in [0.5, 0.6) is 0 Å². The van der Waals surface area contributed by atoms with Crippen molar-refractivity contribution in [1.82, 2.24) is 20.0 Å². The molecule has 0 bridgehead atoms. The van der Waals surface area contributed by atoms with Crippen molar-refractivity contribution in [1.29, 1.82) is 0 Å². The van der Waals surface area contributed by atoms with Crippen molar-refractivity contribution in [2.45, 2.75) is 40.0 Å². The van der Waals surface area contributed by atoms with Gasteiger partial charge in [0, 0.05) is 43.2 Å². The van der Waals surface area contributed by atoms with E-state index in [4.69, 9.17) is 11.6 Å². The van der Waals surface area contributed by atoms with E-state index in [1.165, 1.54) is 18.2 Å². The number of nitrogens with zero attached hydrogens (tertiary/aromatic N) is 3. The van der Waals surface area contributed by atoms with E-state index in [0.717, 1.165) is 5.69 Å². The third-order valence-electron chi connectivity index (χ3n) is 5.39. The Bertz CT molecular complexity index is 978. The van der Waals surface area contributed by atoms with Crippen molar-refractivity contribution < 1.29 is 19.1 Å². The zero-order valence-corrected chi connectivity index (χ0v) is 16.5. The Morgan fingerprint density at radius 1 is 1.47 bits per heavy atom. The Hall–Kier alpha value is -2.65. The lowest BCUT2D eigenvalue weighted by molar-refractivity contribution is 0.0920. The molecule has 8 nitrogen and oxygen atoms in total. The lowest BCUT2D eigenvalue weighted by Crippen LogP contribution is -2.39. The Kier molecular flexibility index (Phi) is 6.33. The Morgan fingerprint density at radius 2 is 2.23 bits per heavy atom. The molecule has 2 atom stereocenters. The molecule has 3 heterocycles. The van der Waals surface area contributed by atoms with Crippen LogP contribution >= 0.6 is 11.6 Å². The van der Waals surface area contributed by atoms with Crippen molar-refractivity contribution in [2.75, 3.05) is 18.4 Å². The predicted octanol–water partition coefficient (Wildman–Crippen LogP) is 2.64. The number of urea groups is 1. The normalized spacial score (nSPS) is 19.0. The number of aliphatic hydroxyl groups is 1. The van der Waals surface area contributed by atoms with E-state index in [1.807, 2.05) is 0 Å². The number of carbonyl (C=O) groups is 2. The van der Waals surface area contributed by atoms with Gasteiger partial charge in [-0.25, -0.2) is 9.18 Å². The van der Waals surface area contributed by atoms with Crippen LogP contribution in [0.3, 0.4) is 0 Å². The number of carbonyl (C=O) groups excluding carboxylic acids is 2. The summed E-state index contributed by atoms with van der Waals surface area (Å²) >= 11 is 5.77. The number of hydrogen-bond acceptors (Lipinski definition) is 4. The highest BCUT2D eigenvalue weighted by Gasteiger charge is 2.33. The molecule has 3 amide bonds. The third kappa shape index (κ3) is 4.13. The number of halogens is 2. The Morgan fingerprint density at radius 3 is 2.93 bits per heavy atom. The number of hydrogen-bond donors (Lipinski definition) is 3. The second-order valence-corrected chi connectivity index (χ2v) is 7.80. The van der Waals surface area contributed by atoms with Gasteiger partial charge in [0.2, 0.25) is 0 Å². The van der Waals surface area contributed by atoms with E-state index in [0.29, 0.717) is 43.0 Å². The molecule has 3 N–H and O–H groups in total. The van der Waals surface area contributed by atoms with Crippen molar-refractivity contribution in [3.8, 4) is 0 Å². The molecule has 0 spiro atoms. The summed E-state index contributed by atoms with van der Waals surface area (Å²) in [5.41, 5.74) is 2.33. The maximum atomic E-state index is 13.3. The summed E-state index contributed by atoms with van der Waals surface area (Å²) in [6, 6.07) is 3.60. The average Bonchev–Trinajstić information content (AvgIpc) is 2.95. The van der Waals surface area contributed by atoms with Gasteiger partial charge in [0.1, 0.15) is 11.5 Å². The highest BCUT2D eigenvalue weighted by atomic mass is 35.5. The minimum Gasteiger partial charge on any atom is -0.393 e. The second kappa shape index (κ2) is 8.61. The summed E-state index contributed by atoms with van der Waals surface area (Å²) in [6.45, 7) is 3.16. The molecule has 2 unspecified atom stereocenters. The van der Waals surface area contributed by atoms with Crippen molar-refractivity contribution >= 4 is 29.2 Å². The van der Waals surface area contributed by atoms with Gasteiger partial charge in [0.25, 0.3) is 5.91 Å². The number of anilines is 1. The molecule has 1 aromatic heterocycles. The van der Waals surface area contributed by atoms with Gasteiger partial charge in [-0.3, -0.25) is 9.48 Å². The van der Waals surface area contributed by atoms with E-state index in [-0.39, 0.29) is 36.9 Å². The molecule has 2 aromatic rings. The average molecular weight is 438 g/mol. The highest BCUT2D eigenvalue weighted by Crippen LogP contribution is 2.26. The Labute approximate surface area is 179 Å². The van der Waals surface area contributed by atoms with Gasteiger partial charge in [-0.15, -0.1) is 0 Å². The fraction of sp³-hybridized carbons (Fsp3) is 0.450. The van der Waals surface area contributed by atoms with E-state index < -0.39 is 11.9 Å². The van der Waals surface area contributed by atoms with Gasteiger partial charge in [-0.2, -0.15) is 5.10 Å². The van der Waals surface area contributed by atoms with Crippen LogP contribution in [-0.4, -0.2) is 50.9 Å². The fourth-order valence-electron chi connectivity index (χ4n) is 3.68. The predicted molar refractivity (Wildman–Crippen MR) is 111 cm³/mol. The van der Waals surface area contributed by atoms with Crippen LogP contribution in [0.25, 0.3) is 0 Å². The van der Waals surface area contributed by atoms with Crippen molar-refractivity contribution in [3.05, 3.63) is 46.0 Å². The van der Waals surface area contributed by atoms with Crippen LogP contribution in [-0.2, 0) is 19.5 Å². The van der Waals surface area contributed by atoms with Gasteiger partial charge in [-0.1, -0.05) is 19.0 Å². The summed E-state index contributed by atoms with van der Waals surface area (Å²) in [5, 5.41) is 19.9. The quantitative estimate of drug-likeness (QED) is 0.672. The first-order valence-electron chi connectivity index (χ1n) is 9.39. The largest absolute Gasteiger partial charge is 0.393 e. The molecule has 0 aliphatic carbocycles. The molecule has 0 fully saturated rings. The molecule has 1 aromatic carbocycles. The molecule has 0 radical (unpaired) electrons. The number of fused-ring (bicyclic) bond motifs is 3. The molecule has 0 saturated carbocycles. The van der Waals surface area contributed by atoms with E-state index in [2.05, 4.69) is 15.7 Å². The number of nitrogens with one attached hydrogen (secondary N) is 2. The monoisotopic (exact) mass is 437 g/mol. The van der Waals surface area contributed by atoms with Crippen LogP contribution in [0.1, 0.15) is 36.1 Å². The smallest absolute Gasteiger partial charge is 0.322 e. The molecule has 10 heteroatoms. The van der Waals surface area contributed by atoms with Gasteiger partial charge < -0.3 is 20.6 Å². The highest BCUT2D eigenvalue weighted by molar-refractivity contribution is 6.31. The minimum absolute atomic E-state index is 0. The molecule has 0 saturated heterocycles. The van der Waals surface area contributed by atoms with Gasteiger partial charge in [-0.05, 0) is 25.1 Å². The van der Waals surface area contributed by atoms with Crippen LogP contribution in [0.4, 0.5) is 14.9 Å². The van der Waals surface area contributed by atoms with Crippen LogP contribution in [0, 0.1) is 11.7 Å². The fourth-order valence-corrected chi connectivity index (χ4v) is 3.86. The zero-order chi connectivity index (χ0) is 20.7. The first kappa shape index (κ1) is 22.0. The van der Waals surface area contributed by atoms with Crippen LogP contribution < -0.4 is 10.6 Å². The standard InChI is InChI=1S/C19H21ClFN5O3.CH4/c1-10(27)11-7-22-18(28)17-13-9-25(5-4-16(13)24-26(17)8-11)19(29)23-12-2-3-15(21)14(20)6-12;/h2-3,6,10-11,27H,4-5,7-9H2,1H3,(H,22,28)(H,23,29);1H4. The number of amides is 3. The van der Waals surface area contributed by atoms with Crippen LogP contribution in [0.15, 0.2) is 18.2 Å². The molecule has 4 rings (SSSR count). The summed E-state index contributed by atoms with van der Waals surface area (Å²) < 4.78 is 15.0. The van der Waals surface area contributed by atoms with Gasteiger partial charge in [0.05, 0.1) is 23.4 Å². The van der Waals surface area contributed by atoms with Gasteiger partial charge >= 0.3 is 6.03 Å². The molecular formula is C20H25ClFN5O3. The number of rotatable bonds is 2. The van der Waals surface area contributed by atoms with Crippen molar-refractivity contribution in [3.63, 3.8) is 0 Å². The van der Waals surface area contributed by atoms with E-state index in [1.54, 1.807) is 16.5 Å². The number of benzene rings is 1. The van der Waals surface area contributed by atoms with Gasteiger partial charge in [0.15, 0.2) is 0 Å². The Balaban J connectivity index is 0.00000256. The lowest BCUT2D eigenvalue weighted by Gasteiger charge is -2.27. The molecule has 162 valence electrons. The number of aromatic nitrogens is 2. The molecule has 30 heavy (non-hydrogen) atoms. The van der Waals surface area contributed by atoms with E-state index in [9.17, 15) is 19.1 Å². The number of aliphatic hydroxyl groups excluding tert-OH is 1. The first-order chi connectivity index (χ1) is 13.8. The molecular weight excluding hydrogens is 413 g/mol. The summed E-state index contributed by atoms with van der Waals surface area (Å²) in [4.78, 5) is 26.9. The van der Waals surface area contributed by atoms with Crippen LogP contribution in [0.2, 0.25) is 5.02 Å². The summed E-state index contributed by atoms with van der Waals surface area (Å²) in [7, 11) is 0. The summed E-state index contributed by atoms with van der Waals surface area (Å²) in [5.74, 6) is -0.949. The maximum absolute atomic E-state index is 13.3. The zero-order valence-electron chi connectivity index (χ0n) is 15.8. The SMILES string of the molecule is C.CC(O)C1CNC(=O)c2c3c(nn2C1)CCN(C(=O)Nc1ccc(F)c(Cl)c1)C3. The first-order valence-corrected chi connectivity index (χ1v) is 9.77. The maximum Gasteiger partial charge on any atom is 0.322 e. The summed E-state index contributed by atoms with van der Waals surface area (Å²) in [6.07, 6.45) is -0.0631. The third-order valence-corrected chi connectivity index (χ3v) is 5.68. The second-order valence-electron chi connectivity index (χ2n) is 7.40. The topological polar surface area (TPSA) is 99.5 Å². The van der Waals surface area contributed by atoms with E-state index >= 15 is 0 Å². The molecule has 2 aliphatic rings. The lowest BCUT2D eigenvalue weighted by atomic mass is 10.0. The molecule has 2 aliphatic heterocycles. The minimum atomic E-state index is -0.577. The van der Waals surface area contributed by atoms with Crippen molar-refractivity contribution in [2.24, 2.45) is 5.92 Å².